The van der Waals surface area contributed by atoms with Crippen LogP contribution in [-0.2, 0) is 0 Å². The predicted octanol–water partition coefficient (Wildman–Crippen LogP) is 2.87. The molecule has 0 bridgehead atoms. The van der Waals surface area contributed by atoms with Crippen LogP contribution in [0.15, 0.2) is 29.3 Å². The standard InChI is InChI=1S/C23H39N5O/c1-24-23(25-13-8-16-27-14-6-7-15-27)26-19-22(28-17-4-3-5-18-28)20-9-11-21(29-2)12-10-20/h9-12,22H,3-8,13-19H2,1-2H3,(H2,24,25,26). The SMILES string of the molecule is CN=C(NCCCN1CCCC1)NCC(c1ccc(OC)cc1)N1CCCCC1. The molecule has 1 aromatic carbocycles. The summed E-state index contributed by atoms with van der Waals surface area (Å²) in [6.07, 6.45) is 7.81. The first-order chi connectivity index (χ1) is 14.3. The smallest absolute Gasteiger partial charge is 0.191 e. The predicted molar refractivity (Wildman–Crippen MR) is 121 cm³/mol. The number of methoxy groups -OCH3 is 1. The quantitative estimate of drug-likeness (QED) is 0.379. The average Bonchev–Trinajstić information content (AvgIpc) is 3.30. The summed E-state index contributed by atoms with van der Waals surface area (Å²) in [7, 11) is 3.58. The number of benzene rings is 1. The van der Waals surface area contributed by atoms with Gasteiger partial charge in [0, 0.05) is 20.1 Å². The first-order valence-corrected chi connectivity index (χ1v) is 11.3. The van der Waals surface area contributed by atoms with Gasteiger partial charge in [-0.15, -0.1) is 0 Å². The summed E-state index contributed by atoms with van der Waals surface area (Å²) in [4.78, 5) is 9.61. The summed E-state index contributed by atoms with van der Waals surface area (Å²) < 4.78 is 5.34. The van der Waals surface area contributed by atoms with Crippen molar-refractivity contribution >= 4 is 5.96 Å². The van der Waals surface area contributed by atoms with Crippen molar-refractivity contribution < 1.29 is 4.74 Å². The molecule has 3 rings (SSSR count). The molecule has 0 amide bonds. The molecule has 1 atom stereocenters. The van der Waals surface area contributed by atoms with Gasteiger partial charge in [-0.1, -0.05) is 18.6 Å². The second-order valence-electron chi connectivity index (χ2n) is 8.17. The molecule has 0 spiro atoms. The van der Waals surface area contributed by atoms with Gasteiger partial charge in [0.2, 0.25) is 0 Å². The Hall–Kier alpha value is -1.79. The summed E-state index contributed by atoms with van der Waals surface area (Å²) in [6, 6.07) is 8.89. The van der Waals surface area contributed by atoms with Crippen LogP contribution in [0.1, 0.15) is 50.1 Å². The van der Waals surface area contributed by atoms with Crippen molar-refractivity contribution in [1.82, 2.24) is 20.4 Å². The molecule has 0 radical (unpaired) electrons. The number of likely N-dealkylation sites (tertiary alicyclic amines) is 2. The third-order valence-corrected chi connectivity index (χ3v) is 6.16. The van der Waals surface area contributed by atoms with Gasteiger partial charge in [-0.25, -0.2) is 0 Å². The molecule has 1 aromatic rings. The lowest BCUT2D eigenvalue weighted by Crippen LogP contribution is -2.44. The van der Waals surface area contributed by atoms with E-state index in [0.29, 0.717) is 6.04 Å². The number of piperidine rings is 1. The van der Waals surface area contributed by atoms with E-state index in [9.17, 15) is 0 Å². The normalized spacial score (nSPS) is 19.9. The fourth-order valence-electron chi connectivity index (χ4n) is 4.44. The Kier molecular flexibility index (Phi) is 9.09. The van der Waals surface area contributed by atoms with Gasteiger partial charge in [0.1, 0.15) is 5.75 Å². The molecule has 1 unspecified atom stereocenters. The molecule has 2 N–H and O–H groups in total. The second kappa shape index (κ2) is 12.0. The van der Waals surface area contributed by atoms with Crippen molar-refractivity contribution in [2.75, 3.05) is 60.0 Å². The first-order valence-electron chi connectivity index (χ1n) is 11.3. The minimum atomic E-state index is 0.351. The zero-order valence-corrected chi connectivity index (χ0v) is 18.3. The summed E-state index contributed by atoms with van der Waals surface area (Å²) in [5, 5.41) is 7.07. The number of nitrogens with zero attached hydrogens (tertiary/aromatic N) is 3. The molecule has 0 aliphatic carbocycles. The Morgan fingerprint density at radius 3 is 2.34 bits per heavy atom. The number of aliphatic imine (C=N–C) groups is 1. The Balaban J connectivity index is 1.51. The largest absolute Gasteiger partial charge is 0.497 e. The van der Waals surface area contributed by atoms with E-state index in [4.69, 9.17) is 4.74 Å². The van der Waals surface area contributed by atoms with Crippen LogP contribution < -0.4 is 15.4 Å². The number of rotatable bonds is 9. The highest BCUT2D eigenvalue weighted by atomic mass is 16.5. The van der Waals surface area contributed by atoms with Gasteiger partial charge < -0.3 is 20.3 Å². The van der Waals surface area contributed by atoms with Gasteiger partial charge >= 0.3 is 0 Å². The summed E-state index contributed by atoms with van der Waals surface area (Å²) >= 11 is 0. The van der Waals surface area contributed by atoms with Gasteiger partial charge in [0.25, 0.3) is 0 Å². The second-order valence-corrected chi connectivity index (χ2v) is 8.17. The molecule has 0 aromatic heterocycles. The van der Waals surface area contributed by atoms with E-state index in [1.807, 2.05) is 7.05 Å². The number of hydrogen-bond acceptors (Lipinski definition) is 4. The van der Waals surface area contributed by atoms with E-state index < -0.39 is 0 Å². The molecule has 6 nitrogen and oxygen atoms in total. The molecular weight excluding hydrogens is 362 g/mol. The Morgan fingerprint density at radius 1 is 1.00 bits per heavy atom. The highest BCUT2D eigenvalue weighted by Gasteiger charge is 2.22. The highest BCUT2D eigenvalue weighted by molar-refractivity contribution is 5.79. The molecule has 6 heteroatoms. The Bertz CT molecular complexity index is 606. The van der Waals surface area contributed by atoms with Crippen molar-refractivity contribution in [1.29, 1.82) is 0 Å². The van der Waals surface area contributed by atoms with Crippen molar-refractivity contribution in [2.24, 2.45) is 4.99 Å². The summed E-state index contributed by atoms with van der Waals surface area (Å²) in [6.45, 7) is 7.89. The van der Waals surface area contributed by atoms with Crippen LogP contribution in [0.5, 0.6) is 5.75 Å². The fourth-order valence-corrected chi connectivity index (χ4v) is 4.44. The average molecular weight is 402 g/mol. The molecule has 162 valence electrons. The van der Waals surface area contributed by atoms with Crippen LogP contribution in [0.3, 0.4) is 0 Å². The minimum Gasteiger partial charge on any atom is -0.497 e. The molecular formula is C23H39N5O. The summed E-state index contributed by atoms with van der Waals surface area (Å²) in [5.74, 6) is 1.82. The number of guanidine groups is 1. The Morgan fingerprint density at radius 2 is 1.69 bits per heavy atom. The molecule has 2 fully saturated rings. The van der Waals surface area contributed by atoms with Gasteiger partial charge in [-0.2, -0.15) is 0 Å². The maximum Gasteiger partial charge on any atom is 0.191 e. The fraction of sp³-hybridized carbons (Fsp3) is 0.696. The van der Waals surface area contributed by atoms with E-state index in [-0.39, 0.29) is 0 Å². The lowest BCUT2D eigenvalue weighted by atomic mass is 10.0. The third kappa shape index (κ3) is 6.89. The third-order valence-electron chi connectivity index (χ3n) is 6.16. The van der Waals surface area contributed by atoms with Crippen molar-refractivity contribution in [2.45, 2.75) is 44.6 Å². The lowest BCUT2D eigenvalue weighted by Gasteiger charge is -2.35. The lowest BCUT2D eigenvalue weighted by molar-refractivity contribution is 0.164. The van der Waals surface area contributed by atoms with E-state index >= 15 is 0 Å². The molecule has 0 saturated carbocycles. The Labute approximate surface area is 176 Å². The summed E-state index contributed by atoms with van der Waals surface area (Å²) in [5.41, 5.74) is 1.34. The highest BCUT2D eigenvalue weighted by Crippen LogP contribution is 2.25. The molecule has 2 heterocycles. The van der Waals surface area contributed by atoms with Crippen molar-refractivity contribution in [3.63, 3.8) is 0 Å². The van der Waals surface area contributed by atoms with E-state index in [2.05, 4.69) is 49.7 Å². The zero-order chi connectivity index (χ0) is 20.3. The van der Waals surface area contributed by atoms with Gasteiger partial charge in [-0.05, 0) is 82.5 Å². The zero-order valence-electron chi connectivity index (χ0n) is 18.3. The van der Waals surface area contributed by atoms with Crippen LogP contribution in [0, 0.1) is 0 Å². The van der Waals surface area contributed by atoms with Crippen molar-refractivity contribution in [3.05, 3.63) is 29.8 Å². The van der Waals surface area contributed by atoms with Crippen LogP contribution in [0.2, 0.25) is 0 Å². The molecule has 2 aliphatic rings. The minimum absolute atomic E-state index is 0.351. The van der Waals surface area contributed by atoms with Crippen LogP contribution >= 0.6 is 0 Å². The maximum absolute atomic E-state index is 5.34. The van der Waals surface area contributed by atoms with Crippen LogP contribution in [-0.4, -0.2) is 75.7 Å². The van der Waals surface area contributed by atoms with E-state index in [1.165, 1.54) is 70.4 Å². The van der Waals surface area contributed by atoms with Crippen LogP contribution in [0.4, 0.5) is 0 Å². The number of nitrogens with one attached hydrogen (secondary N) is 2. The van der Waals surface area contributed by atoms with E-state index in [1.54, 1.807) is 7.11 Å². The van der Waals surface area contributed by atoms with Crippen LogP contribution in [0.25, 0.3) is 0 Å². The van der Waals surface area contributed by atoms with Gasteiger partial charge in [0.05, 0.1) is 13.2 Å². The molecule has 29 heavy (non-hydrogen) atoms. The van der Waals surface area contributed by atoms with Gasteiger partial charge in [0.15, 0.2) is 5.96 Å². The topological polar surface area (TPSA) is 52.1 Å². The van der Waals surface area contributed by atoms with E-state index in [0.717, 1.165) is 31.2 Å². The molecule has 2 aliphatic heterocycles. The van der Waals surface area contributed by atoms with Crippen molar-refractivity contribution in [3.8, 4) is 5.75 Å². The first kappa shape index (κ1) is 21.9. The molecule has 2 saturated heterocycles. The van der Waals surface area contributed by atoms with Gasteiger partial charge in [-0.3, -0.25) is 9.89 Å². The number of ether oxygens (including phenoxy) is 1. The monoisotopic (exact) mass is 401 g/mol. The number of hydrogen-bond donors (Lipinski definition) is 2. The maximum atomic E-state index is 5.34.